The molecule has 0 radical (unpaired) electrons. The summed E-state index contributed by atoms with van der Waals surface area (Å²) in [4.78, 5) is 2.45. The van der Waals surface area contributed by atoms with Gasteiger partial charge in [0.25, 0.3) is 0 Å². The molecule has 2 aliphatic rings. The molecule has 0 atom stereocenters. The van der Waals surface area contributed by atoms with Crippen molar-refractivity contribution in [2.24, 2.45) is 0 Å². The van der Waals surface area contributed by atoms with Gasteiger partial charge >= 0.3 is 7.12 Å². The molecule has 18 heavy (non-hydrogen) atoms. The Morgan fingerprint density at radius 3 is 2.17 bits per heavy atom. The highest BCUT2D eigenvalue weighted by molar-refractivity contribution is 6.45. The maximum atomic E-state index is 5.88. The summed E-state index contributed by atoms with van der Waals surface area (Å²) in [6.45, 7) is 13.0. The van der Waals surface area contributed by atoms with Crippen LogP contribution >= 0.6 is 0 Å². The molecule has 0 aromatic heterocycles. The van der Waals surface area contributed by atoms with Gasteiger partial charge in [-0.15, -0.1) is 0 Å². The zero-order valence-corrected chi connectivity index (χ0v) is 12.2. The standard InChI is InChI=1S/C13H26BNO3/c1-12(2)13(3,4)18-14(17-12)11-16-10-9-15-7-5-6-8-15/h5-11H2,1-4H3. The smallest absolute Gasteiger partial charge is 0.402 e. The van der Waals surface area contributed by atoms with E-state index in [0.29, 0.717) is 6.51 Å². The van der Waals surface area contributed by atoms with Crippen LogP contribution in [-0.4, -0.2) is 56.0 Å². The SMILES string of the molecule is CC1(C)OB(COCCN2CCCC2)OC1(C)C. The number of hydrogen-bond donors (Lipinski definition) is 0. The Balaban J connectivity index is 1.63. The van der Waals surface area contributed by atoms with Gasteiger partial charge in [0.15, 0.2) is 0 Å². The van der Waals surface area contributed by atoms with Crippen LogP contribution in [0.5, 0.6) is 0 Å². The predicted octanol–water partition coefficient (Wildman–Crippen LogP) is 1.73. The fourth-order valence-corrected chi connectivity index (χ4v) is 2.41. The van der Waals surface area contributed by atoms with Crippen molar-refractivity contribution < 1.29 is 14.0 Å². The first-order valence-electron chi connectivity index (χ1n) is 7.06. The fraction of sp³-hybridized carbons (Fsp3) is 1.00. The zero-order chi connectivity index (χ0) is 13.2. The van der Waals surface area contributed by atoms with Crippen LogP contribution in [0.4, 0.5) is 0 Å². The highest BCUT2D eigenvalue weighted by Crippen LogP contribution is 2.36. The Kier molecular flexibility index (Phi) is 4.37. The molecule has 104 valence electrons. The largest absolute Gasteiger partial charge is 0.485 e. The van der Waals surface area contributed by atoms with E-state index in [1.807, 2.05) is 0 Å². The first kappa shape index (κ1) is 14.3. The summed E-state index contributed by atoms with van der Waals surface area (Å²) in [5.41, 5.74) is -0.508. The Morgan fingerprint density at radius 2 is 1.61 bits per heavy atom. The van der Waals surface area contributed by atoms with E-state index in [1.165, 1.54) is 25.9 Å². The number of ether oxygens (including phenoxy) is 1. The summed E-state index contributed by atoms with van der Waals surface area (Å²) in [6, 6.07) is 0. The zero-order valence-electron chi connectivity index (χ0n) is 12.2. The van der Waals surface area contributed by atoms with Gasteiger partial charge in [0.05, 0.1) is 24.3 Å². The number of likely N-dealkylation sites (tertiary alicyclic amines) is 1. The van der Waals surface area contributed by atoms with Gasteiger partial charge in [-0.1, -0.05) is 0 Å². The minimum atomic E-state index is -0.254. The van der Waals surface area contributed by atoms with Crippen LogP contribution in [0.2, 0.25) is 0 Å². The van der Waals surface area contributed by atoms with Crippen LogP contribution in [-0.2, 0) is 14.0 Å². The van der Waals surface area contributed by atoms with Crippen LogP contribution in [0.15, 0.2) is 0 Å². The molecule has 0 amide bonds. The van der Waals surface area contributed by atoms with Gasteiger partial charge in [-0.05, 0) is 53.6 Å². The molecule has 0 bridgehead atoms. The first-order chi connectivity index (χ1) is 8.41. The average molecular weight is 255 g/mol. The molecular formula is C13H26BNO3. The first-order valence-corrected chi connectivity index (χ1v) is 7.06. The minimum Gasteiger partial charge on any atom is -0.402 e. The Hall–Kier alpha value is -0.0951. The molecule has 5 heteroatoms. The Bertz CT molecular complexity index is 261. The van der Waals surface area contributed by atoms with Crippen molar-refractivity contribution in [2.75, 3.05) is 32.7 Å². The predicted molar refractivity (Wildman–Crippen MR) is 72.6 cm³/mol. The van der Waals surface area contributed by atoms with E-state index in [0.717, 1.165) is 13.2 Å². The summed E-state index contributed by atoms with van der Waals surface area (Å²) in [7, 11) is -0.228. The third-order valence-electron chi connectivity index (χ3n) is 4.31. The second-order valence-electron chi connectivity index (χ2n) is 6.31. The van der Waals surface area contributed by atoms with Crippen molar-refractivity contribution in [3.05, 3.63) is 0 Å². The molecule has 0 saturated carbocycles. The number of hydrogen-bond acceptors (Lipinski definition) is 4. The van der Waals surface area contributed by atoms with Crippen LogP contribution in [0.3, 0.4) is 0 Å². The van der Waals surface area contributed by atoms with Gasteiger partial charge in [0, 0.05) is 6.54 Å². The summed E-state index contributed by atoms with van der Waals surface area (Å²) >= 11 is 0. The highest BCUT2D eigenvalue weighted by atomic mass is 16.7. The maximum absolute atomic E-state index is 5.88. The number of nitrogens with zero attached hydrogens (tertiary/aromatic N) is 1. The summed E-state index contributed by atoms with van der Waals surface area (Å²) in [6.07, 6.45) is 2.66. The van der Waals surface area contributed by atoms with Gasteiger partial charge in [-0.25, -0.2) is 0 Å². The van der Waals surface area contributed by atoms with Crippen LogP contribution in [0.1, 0.15) is 40.5 Å². The van der Waals surface area contributed by atoms with Gasteiger partial charge in [0.2, 0.25) is 0 Å². The van der Waals surface area contributed by atoms with E-state index in [4.69, 9.17) is 14.0 Å². The average Bonchev–Trinajstić information content (AvgIpc) is 2.81. The fourth-order valence-electron chi connectivity index (χ4n) is 2.41. The second-order valence-corrected chi connectivity index (χ2v) is 6.31. The third-order valence-corrected chi connectivity index (χ3v) is 4.31. The second kappa shape index (κ2) is 5.49. The Morgan fingerprint density at radius 1 is 1.06 bits per heavy atom. The van der Waals surface area contributed by atoms with Crippen LogP contribution < -0.4 is 0 Å². The van der Waals surface area contributed by atoms with Crippen molar-refractivity contribution in [3.8, 4) is 0 Å². The molecule has 2 heterocycles. The van der Waals surface area contributed by atoms with E-state index in [9.17, 15) is 0 Å². The van der Waals surface area contributed by atoms with Gasteiger partial charge in [0.1, 0.15) is 0 Å². The molecule has 4 nitrogen and oxygen atoms in total. The van der Waals surface area contributed by atoms with E-state index in [-0.39, 0.29) is 18.3 Å². The lowest BCUT2D eigenvalue weighted by Gasteiger charge is -2.32. The summed E-state index contributed by atoms with van der Waals surface area (Å²) < 4.78 is 17.4. The van der Waals surface area contributed by atoms with Gasteiger partial charge in [-0.3, -0.25) is 0 Å². The van der Waals surface area contributed by atoms with Crippen molar-refractivity contribution in [1.29, 1.82) is 0 Å². The summed E-state index contributed by atoms with van der Waals surface area (Å²) in [5.74, 6) is 0. The molecule has 2 fully saturated rings. The van der Waals surface area contributed by atoms with E-state index >= 15 is 0 Å². The lowest BCUT2D eigenvalue weighted by atomic mass is 9.90. The van der Waals surface area contributed by atoms with E-state index < -0.39 is 0 Å². The molecule has 0 aromatic rings. The lowest BCUT2D eigenvalue weighted by molar-refractivity contribution is 0.00578. The van der Waals surface area contributed by atoms with Crippen molar-refractivity contribution in [3.63, 3.8) is 0 Å². The topological polar surface area (TPSA) is 30.9 Å². The monoisotopic (exact) mass is 255 g/mol. The highest BCUT2D eigenvalue weighted by Gasteiger charge is 2.51. The maximum Gasteiger partial charge on any atom is 0.485 e. The molecule has 0 aromatic carbocycles. The van der Waals surface area contributed by atoms with E-state index in [1.54, 1.807) is 0 Å². The quantitative estimate of drug-likeness (QED) is 0.553. The molecule has 0 unspecified atom stereocenters. The lowest BCUT2D eigenvalue weighted by Crippen LogP contribution is -2.41. The third kappa shape index (κ3) is 3.26. The van der Waals surface area contributed by atoms with Crippen LogP contribution in [0, 0.1) is 0 Å². The van der Waals surface area contributed by atoms with Crippen molar-refractivity contribution >= 4 is 7.12 Å². The minimum absolute atomic E-state index is 0.228. The molecule has 0 aliphatic carbocycles. The van der Waals surface area contributed by atoms with Gasteiger partial charge < -0.3 is 18.9 Å². The van der Waals surface area contributed by atoms with Crippen molar-refractivity contribution in [1.82, 2.24) is 4.90 Å². The molecule has 0 spiro atoms. The number of rotatable bonds is 5. The van der Waals surface area contributed by atoms with Crippen LogP contribution in [0.25, 0.3) is 0 Å². The molecule has 2 rings (SSSR count). The van der Waals surface area contributed by atoms with E-state index in [2.05, 4.69) is 32.6 Å². The Labute approximate surface area is 111 Å². The molecule has 2 aliphatic heterocycles. The molecule has 2 saturated heterocycles. The van der Waals surface area contributed by atoms with Crippen molar-refractivity contribution in [2.45, 2.75) is 51.7 Å². The summed E-state index contributed by atoms with van der Waals surface area (Å²) in [5, 5.41) is 0. The molecule has 0 N–H and O–H groups in total. The van der Waals surface area contributed by atoms with Gasteiger partial charge in [-0.2, -0.15) is 0 Å². The normalized spacial score (nSPS) is 27.0. The molecular weight excluding hydrogens is 229 g/mol.